The summed E-state index contributed by atoms with van der Waals surface area (Å²) in [5, 5.41) is 0. The molecule has 0 fully saturated rings. The molecular formula is C16H24O3. The highest BCUT2D eigenvalue weighted by Gasteiger charge is 2.50. The molecule has 0 saturated carbocycles. The largest absolute Gasteiger partial charge is 0.349 e. The van der Waals surface area contributed by atoms with E-state index in [9.17, 15) is 4.79 Å². The molecule has 0 bridgehead atoms. The summed E-state index contributed by atoms with van der Waals surface area (Å²) in [5.74, 6) is -0.368. The van der Waals surface area contributed by atoms with Crippen LogP contribution >= 0.6 is 0 Å². The molecule has 0 aliphatic heterocycles. The predicted octanol–water partition coefficient (Wildman–Crippen LogP) is 3.26. The van der Waals surface area contributed by atoms with Gasteiger partial charge in [-0.2, -0.15) is 0 Å². The van der Waals surface area contributed by atoms with Gasteiger partial charge in [0.15, 0.2) is 11.6 Å². The lowest BCUT2D eigenvalue weighted by Gasteiger charge is -2.46. The maximum Gasteiger partial charge on any atom is 0.191 e. The molecule has 2 aliphatic rings. The molecule has 0 aromatic rings. The van der Waals surface area contributed by atoms with E-state index in [1.807, 2.05) is 13.0 Å². The van der Waals surface area contributed by atoms with Crippen LogP contribution in [-0.4, -0.2) is 25.8 Å². The predicted molar refractivity (Wildman–Crippen MR) is 74.7 cm³/mol. The van der Waals surface area contributed by atoms with Gasteiger partial charge in [-0.25, -0.2) is 0 Å². The third kappa shape index (κ3) is 2.19. The summed E-state index contributed by atoms with van der Waals surface area (Å²) in [6.45, 7) is 6.28. The SMILES string of the molecule is CCC1=CC(OC)(OC)[C@H]2CC(C)=C(C)C[C@H]2C1=O. The molecule has 0 amide bonds. The Labute approximate surface area is 115 Å². The first-order valence-electron chi connectivity index (χ1n) is 7.00. The minimum Gasteiger partial charge on any atom is -0.349 e. The highest BCUT2D eigenvalue weighted by Crippen LogP contribution is 2.47. The topological polar surface area (TPSA) is 35.5 Å². The molecule has 0 saturated heterocycles. The van der Waals surface area contributed by atoms with Gasteiger partial charge in [0.05, 0.1) is 0 Å². The first-order valence-corrected chi connectivity index (χ1v) is 7.00. The van der Waals surface area contributed by atoms with Crippen LogP contribution in [0.25, 0.3) is 0 Å². The van der Waals surface area contributed by atoms with Crippen molar-refractivity contribution in [1.82, 2.24) is 0 Å². The van der Waals surface area contributed by atoms with Crippen LogP contribution in [0, 0.1) is 11.8 Å². The zero-order valence-corrected chi connectivity index (χ0v) is 12.6. The van der Waals surface area contributed by atoms with Crippen LogP contribution in [0.15, 0.2) is 22.8 Å². The van der Waals surface area contributed by atoms with Crippen LogP contribution in [0.5, 0.6) is 0 Å². The zero-order chi connectivity index (χ0) is 14.2. The summed E-state index contributed by atoms with van der Waals surface area (Å²) in [6, 6.07) is 0. The van der Waals surface area contributed by atoms with Gasteiger partial charge in [0, 0.05) is 26.1 Å². The van der Waals surface area contributed by atoms with Crippen LogP contribution in [-0.2, 0) is 14.3 Å². The van der Waals surface area contributed by atoms with Gasteiger partial charge in [-0.1, -0.05) is 18.1 Å². The number of Topliss-reactive ketones (excluding diaryl/α,β-unsaturated/α-hetero) is 1. The summed E-state index contributed by atoms with van der Waals surface area (Å²) < 4.78 is 11.4. The minimum absolute atomic E-state index is 0.00329. The van der Waals surface area contributed by atoms with Crippen LogP contribution in [0.1, 0.15) is 40.0 Å². The summed E-state index contributed by atoms with van der Waals surface area (Å²) >= 11 is 0. The Balaban J connectivity index is 2.49. The molecule has 3 nitrogen and oxygen atoms in total. The number of rotatable bonds is 3. The number of fused-ring (bicyclic) bond motifs is 1. The molecule has 2 rings (SSSR count). The number of carbonyl (C=O) groups excluding carboxylic acids is 1. The van der Waals surface area contributed by atoms with E-state index < -0.39 is 5.79 Å². The van der Waals surface area contributed by atoms with Crippen LogP contribution in [0.3, 0.4) is 0 Å². The number of ketones is 1. The van der Waals surface area contributed by atoms with Gasteiger partial charge in [0.25, 0.3) is 0 Å². The Kier molecular flexibility index (Phi) is 3.98. The van der Waals surface area contributed by atoms with Crippen molar-refractivity contribution >= 4 is 5.78 Å². The van der Waals surface area contributed by atoms with E-state index >= 15 is 0 Å². The second kappa shape index (κ2) is 5.22. The molecule has 0 aromatic heterocycles. The van der Waals surface area contributed by atoms with Crippen molar-refractivity contribution in [3.05, 3.63) is 22.8 Å². The highest BCUT2D eigenvalue weighted by atomic mass is 16.7. The first kappa shape index (κ1) is 14.5. The van der Waals surface area contributed by atoms with Crippen molar-refractivity contribution in [1.29, 1.82) is 0 Å². The molecule has 3 heteroatoms. The smallest absolute Gasteiger partial charge is 0.191 e. The van der Waals surface area contributed by atoms with Crippen LogP contribution in [0.4, 0.5) is 0 Å². The van der Waals surface area contributed by atoms with Crippen molar-refractivity contribution in [3.63, 3.8) is 0 Å². The number of carbonyl (C=O) groups is 1. The summed E-state index contributed by atoms with van der Waals surface area (Å²) in [7, 11) is 3.33. The maximum absolute atomic E-state index is 12.6. The Morgan fingerprint density at radius 1 is 1.21 bits per heavy atom. The molecule has 0 unspecified atom stereocenters. The van der Waals surface area contributed by atoms with Gasteiger partial charge >= 0.3 is 0 Å². The van der Waals surface area contributed by atoms with E-state index in [1.54, 1.807) is 14.2 Å². The van der Waals surface area contributed by atoms with Crippen molar-refractivity contribution in [3.8, 4) is 0 Å². The van der Waals surface area contributed by atoms with Gasteiger partial charge in [0.1, 0.15) is 0 Å². The standard InChI is InChI=1S/C16H24O3/c1-6-12-9-16(18-4,19-5)14-8-11(3)10(2)7-13(14)15(12)17/h9,13-14H,6-8H2,1-5H3/t13-,14+/m1/s1. The minimum atomic E-state index is -0.744. The molecule has 106 valence electrons. The molecule has 2 aliphatic carbocycles. The van der Waals surface area contributed by atoms with Crippen molar-refractivity contribution in [2.45, 2.75) is 45.8 Å². The summed E-state index contributed by atoms with van der Waals surface area (Å²) in [6.07, 6.45) is 4.35. The monoisotopic (exact) mass is 264 g/mol. The van der Waals surface area contributed by atoms with Gasteiger partial charge in [-0.05, 0) is 44.8 Å². The van der Waals surface area contributed by atoms with Gasteiger partial charge < -0.3 is 9.47 Å². The molecule has 0 spiro atoms. The summed E-state index contributed by atoms with van der Waals surface area (Å²) in [5.41, 5.74) is 3.55. The van der Waals surface area contributed by atoms with Crippen LogP contribution in [0.2, 0.25) is 0 Å². The van der Waals surface area contributed by atoms with E-state index in [0.717, 1.165) is 24.8 Å². The van der Waals surface area contributed by atoms with E-state index in [0.29, 0.717) is 0 Å². The Bertz CT molecular complexity index is 441. The zero-order valence-electron chi connectivity index (χ0n) is 12.6. The molecule has 0 N–H and O–H groups in total. The van der Waals surface area contributed by atoms with Crippen molar-refractivity contribution in [2.75, 3.05) is 14.2 Å². The van der Waals surface area contributed by atoms with Gasteiger partial charge in [-0.3, -0.25) is 4.79 Å². The molecule has 0 aromatic carbocycles. The van der Waals surface area contributed by atoms with E-state index in [4.69, 9.17) is 9.47 Å². The highest BCUT2D eigenvalue weighted by molar-refractivity contribution is 5.99. The number of hydrogen-bond donors (Lipinski definition) is 0. The van der Waals surface area contributed by atoms with E-state index in [2.05, 4.69) is 13.8 Å². The lowest BCUT2D eigenvalue weighted by molar-refractivity contribution is -0.219. The van der Waals surface area contributed by atoms with Crippen molar-refractivity contribution < 1.29 is 14.3 Å². The number of allylic oxidation sites excluding steroid dienone is 3. The average molecular weight is 264 g/mol. The van der Waals surface area contributed by atoms with E-state index in [-0.39, 0.29) is 17.6 Å². The molecule has 19 heavy (non-hydrogen) atoms. The van der Waals surface area contributed by atoms with Gasteiger partial charge in [-0.15, -0.1) is 0 Å². The fraction of sp³-hybridized carbons (Fsp3) is 0.688. The molecule has 0 heterocycles. The normalized spacial score (nSPS) is 30.2. The van der Waals surface area contributed by atoms with Crippen molar-refractivity contribution in [2.24, 2.45) is 11.8 Å². The average Bonchev–Trinajstić information content (AvgIpc) is 2.42. The third-order valence-corrected chi connectivity index (χ3v) is 4.83. The van der Waals surface area contributed by atoms with Gasteiger partial charge in [0.2, 0.25) is 0 Å². The molecular weight excluding hydrogens is 240 g/mol. The molecule has 0 radical (unpaired) electrons. The van der Waals surface area contributed by atoms with E-state index in [1.165, 1.54) is 11.1 Å². The Morgan fingerprint density at radius 2 is 1.79 bits per heavy atom. The lowest BCUT2D eigenvalue weighted by atomic mass is 9.66. The fourth-order valence-corrected chi connectivity index (χ4v) is 3.43. The number of hydrogen-bond acceptors (Lipinski definition) is 3. The fourth-order valence-electron chi connectivity index (χ4n) is 3.43. The quantitative estimate of drug-likeness (QED) is 0.580. The van der Waals surface area contributed by atoms with Crippen LogP contribution < -0.4 is 0 Å². The maximum atomic E-state index is 12.6. The second-order valence-corrected chi connectivity index (χ2v) is 5.70. The summed E-state index contributed by atoms with van der Waals surface area (Å²) in [4.78, 5) is 12.6. The number of ether oxygens (including phenoxy) is 2. The second-order valence-electron chi connectivity index (χ2n) is 5.70. The molecule has 2 atom stereocenters. The first-order chi connectivity index (χ1) is 8.99. The number of methoxy groups -OCH3 is 2. The Morgan fingerprint density at radius 3 is 2.32 bits per heavy atom. The third-order valence-electron chi connectivity index (χ3n) is 4.83. The lowest BCUT2D eigenvalue weighted by Crippen LogP contribution is -2.51. The Hall–Kier alpha value is -0.930.